The predicted molar refractivity (Wildman–Crippen MR) is 46.4 cm³/mol. The van der Waals surface area contributed by atoms with Crippen LogP contribution in [0.3, 0.4) is 0 Å². The first-order valence-corrected chi connectivity index (χ1v) is 3.73. The van der Waals surface area contributed by atoms with E-state index in [1.165, 1.54) is 0 Å². The third kappa shape index (κ3) is 1.91. The number of ketones is 1. The molecule has 5 nitrogen and oxygen atoms in total. The number of rotatable bonds is 3. The molecular weight excluding hydrogens is 191 g/mol. The van der Waals surface area contributed by atoms with Crippen molar-refractivity contribution in [2.45, 2.75) is 0 Å². The van der Waals surface area contributed by atoms with Crippen LogP contribution in [0.4, 0.5) is 10.1 Å². The summed E-state index contributed by atoms with van der Waals surface area (Å²) in [7, 11) is 0. The molecule has 0 atom stereocenters. The lowest BCUT2D eigenvalue weighted by Crippen LogP contribution is -2.15. The number of nitrogens with zero attached hydrogens (tertiary/aromatic N) is 1. The summed E-state index contributed by atoms with van der Waals surface area (Å²) >= 11 is 0. The number of carbonyl (C=O) groups excluding carboxylic acids is 1. The fraction of sp³-hybridized carbons (Fsp3) is 0.125. The van der Waals surface area contributed by atoms with Crippen LogP contribution in [0.25, 0.3) is 0 Å². The average molecular weight is 198 g/mol. The quantitative estimate of drug-likeness (QED) is 0.443. The van der Waals surface area contributed by atoms with Crippen LogP contribution in [0, 0.1) is 15.9 Å². The molecule has 1 aromatic rings. The molecule has 0 saturated carbocycles. The van der Waals surface area contributed by atoms with Gasteiger partial charge < -0.3 is 5.73 Å². The monoisotopic (exact) mass is 198 g/mol. The van der Waals surface area contributed by atoms with Crippen LogP contribution in [0.2, 0.25) is 0 Å². The maximum absolute atomic E-state index is 13.0. The topological polar surface area (TPSA) is 86.2 Å². The first-order valence-electron chi connectivity index (χ1n) is 3.73. The van der Waals surface area contributed by atoms with Gasteiger partial charge in [-0.05, 0) is 6.07 Å². The summed E-state index contributed by atoms with van der Waals surface area (Å²) in [4.78, 5) is 20.6. The maximum atomic E-state index is 13.0. The predicted octanol–water partition coefficient (Wildman–Crippen LogP) is 0.875. The van der Waals surface area contributed by atoms with E-state index >= 15 is 0 Å². The minimum Gasteiger partial charge on any atom is -0.324 e. The van der Waals surface area contributed by atoms with E-state index in [0.717, 1.165) is 18.2 Å². The van der Waals surface area contributed by atoms with Crippen molar-refractivity contribution in [1.82, 2.24) is 0 Å². The number of carbonyl (C=O) groups is 1. The Morgan fingerprint density at radius 1 is 1.57 bits per heavy atom. The summed E-state index contributed by atoms with van der Waals surface area (Å²) in [6.07, 6.45) is 0. The van der Waals surface area contributed by atoms with Crippen LogP contribution < -0.4 is 5.73 Å². The molecule has 0 radical (unpaired) electrons. The van der Waals surface area contributed by atoms with Crippen molar-refractivity contribution in [1.29, 1.82) is 0 Å². The van der Waals surface area contributed by atoms with Crippen LogP contribution >= 0.6 is 0 Å². The van der Waals surface area contributed by atoms with Crippen molar-refractivity contribution in [3.63, 3.8) is 0 Å². The minimum atomic E-state index is -0.800. The maximum Gasteiger partial charge on any atom is 0.270 e. The van der Waals surface area contributed by atoms with E-state index in [0.29, 0.717) is 0 Å². The van der Waals surface area contributed by atoms with E-state index in [1.54, 1.807) is 0 Å². The lowest BCUT2D eigenvalue weighted by Gasteiger charge is -1.99. The summed E-state index contributed by atoms with van der Waals surface area (Å²) in [5.41, 5.74) is 4.34. The molecule has 0 aromatic heterocycles. The van der Waals surface area contributed by atoms with Crippen molar-refractivity contribution in [2.24, 2.45) is 5.73 Å². The highest BCUT2D eigenvalue weighted by molar-refractivity contribution is 5.98. The zero-order chi connectivity index (χ0) is 10.7. The second-order valence-corrected chi connectivity index (χ2v) is 2.55. The van der Waals surface area contributed by atoms with E-state index in [2.05, 4.69) is 0 Å². The Kier molecular flexibility index (Phi) is 2.88. The largest absolute Gasteiger partial charge is 0.324 e. The minimum absolute atomic E-state index is 0.330. The van der Waals surface area contributed by atoms with Gasteiger partial charge in [-0.25, -0.2) is 4.39 Å². The van der Waals surface area contributed by atoms with Crippen LogP contribution in [-0.4, -0.2) is 17.3 Å². The Balaban J connectivity index is 3.21. The Bertz CT molecular complexity index is 392. The molecule has 0 unspecified atom stereocenters. The molecule has 0 fully saturated rings. The van der Waals surface area contributed by atoms with Crippen molar-refractivity contribution in [3.8, 4) is 0 Å². The number of hydrogen-bond acceptors (Lipinski definition) is 4. The van der Waals surface area contributed by atoms with Gasteiger partial charge in [0.15, 0.2) is 5.78 Å². The number of halogens is 1. The van der Waals surface area contributed by atoms with Crippen LogP contribution in [0.1, 0.15) is 10.4 Å². The number of non-ortho nitro benzene ring substituents is 1. The van der Waals surface area contributed by atoms with Gasteiger partial charge in [-0.15, -0.1) is 0 Å². The molecule has 0 aliphatic carbocycles. The fourth-order valence-corrected chi connectivity index (χ4v) is 0.950. The number of benzene rings is 1. The SMILES string of the molecule is NCC(=O)c1cc([N+](=O)[O-])ccc1F. The third-order valence-corrected chi connectivity index (χ3v) is 1.65. The number of Topliss-reactive ketones (excluding diaryl/α,β-unsaturated/α-hetero) is 1. The molecule has 0 heterocycles. The van der Waals surface area contributed by atoms with Crippen LogP contribution in [0.15, 0.2) is 18.2 Å². The molecule has 1 aromatic carbocycles. The lowest BCUT2D eigenvalue weighted by molar-refractivity contribution is -0.384. The third-order valence-electron chi connectivity index (χ3n) is 1.65. The van der Waals surface area contributed by atoms with E-state index < -0.39 is 16.5 Å². The van der Waals surface area contributed by atoms with E-state index in [1.807, 2.05) is 0 Å². The van der Waals surface area contributed by atoms with Gasteiger partial charge in [0.2, 0.25) is 0 Å². The number of nitrogens with two attached hydrogens (primary N) is 1. The average Bonchev–Trinajstić information content (AvgIpc) is 2.17. The summed E-state index contributed by atoms with van der Waals surface area (Å²) < 4.78 is 13.0. The zero-order valence-corrected chi connectivity index (χ0v) is 7.07. The van der Waals surface area contributed by atoms with Gasteiger partial charge in [0.05, 0.1) is 17.0 Å². The van der Waals surface area contributed by atoms with Crippen molar-refractivity contribution >= 4 is 11.5 Å². The molecule has 0 bridgehead atoms. The Hall–Kier alpha value is -1.82. The normalized spacial score (nSPS) is 9.86. The molecule has 2 N–H and O–H groups in total. The van der Waals surface area contributed by atoms with Gasteiger partial charge in [-0.3, -0.25) is 14.9 Å². The van der Waals surface area contributed by atoms with E-state index in [9.17, 15) is 19.3 Å². The summed E-state index contributed by atoms with van der Waals surface area (Å²) in [5.74, 6) is -1.46. The van der Waals surface area contributed by atoms with E-state index in [-0.39, 0.29) is 17.8 Å². The zero-order valence-electron chi connectivity index (χ0n) is 7.07. The van der Waals surface area contributed by atoms with Gasteiger partial charge in [-0.2, -0.15) is 0 Å². The number of hydrogen-bond donors (Lipinski definition) is 1. The highest BCUT2D eigenvalue weighted by Gasteiger charge is 2.15. The molecule has 0 saturated heterocycles. The van der Waals surface area contributed by atoms with Crippen molar-refractivity contribution < 1.29 is 14.1 Å². The molecule has 74 valence electrons. The highest BCUT2D eigenvalue weighted by Crippen LogP contribution is 2.16. The summed E-state index contributed by atoms with van der Waals surface area (Å²) in [6.45, 7) is -0.377. The molecule has 0 aliphatic heterocycles. The fourth-order valence-electron chi connectivity index (χ4n) is 0.950. The molecule has 14 heavy (non-hydrogen) atoms. The van der Waals surface area contributed by atoms with Crippen LogP contribution in [-0.2, 0) is 0 Å². The van der Waals surface area contributed by atoms with Crippen molar-refractivity contribution in [2.75, 3.05) is 6.54 Å². The molecule has 6 heteroatoms. The molecule has 1 rings (SSSR count). The summed E-state index contributed by atoms with van der Waals surface area (Å²) in [5, 5.41) is 10.3. The highest BCUT2D eigenvalue weighted by atomic mass is 19.1. The van der Waals surface area contributed by atoms with Crippen LogP contribution in [0.5, 0.6) is 0 Å². The molecule has 0 amide bonds. The first-order chi connectivity index (χ1) is 6.56. The molecule has 0 spiro atoms. The van der Waals surface area contributed by atoms with E-state index in [4.69, 9.17) is 5.73 Å². The molecule has 0 aliphatic rings. The standard InChI is InChI=1S/C8H7FN2O3/c9-7-2-1-5(11(13)14)3-6(7)8(12)4-10/h1-3H,4,10H2. The Morgan fingerprint density at radius 2 is 2.21 bits per heavy atom. The number of nitro groups is 1. The van der Waals surface area contributed by atoms with Crippen molar-refractivity contribution in [3.05, 3.63) is 39.7 Å². The van der Waals surface area contributed by atoms with Gasteiger partial charge in [-0.1, -0.05) is 0 Å². The van der Waals surface area contributed by atoms with Gasteiger partial charge >= 0.3 is 0 Å². The second kappa shape index (κ2) is 3.93. The van der Waals surface area contributed by atoms with Gasteiger partial charge in [0, 0.05) is 12.1 Å². The Morgan fingerprint density at radius 3 is 2.71 bits per heavy atom. The van der Waals surface area contributed by atoms with Gasteiger partial charge in [0.1, 0.15) is 5.82 Å². The lowest BCUT2D eigenvalue weighted by atomic mass is 10.1. The Labute approximate surface area is 78.5 Å². The second-order valence-electron chi connectivity index (χ2n) is 2.55. The van der Waals surface area contributed by atoms with Gasteiger partial charge in [0.25, 0.3) is 5.69 Å². The smallest absolute Gasteiger partial charge is 0.270 e. The molecular formula is C8H7FN2O3. The summed E-state index contributed by atoms with van der Waals surface area (Å²) in [6, 6.07) is 2.74. The first kappa shape index (κ1) is 10.3. The number of nitro benzene ring substituents is 1.